The van der Waals surface area contributed by atoms with Gasteiger partial charge >= 0.3 is 0 Å². The zero-order valence-corrected chi connectivity index (χ0v) is 15.4. The molecule has 2 fully saturated rings. The highest BCUT2D eigenvalue weighted by Crippen LogP contribution is 2.30. The van der Waals surface area contributed by atoms with Gasteiger partial charge in [-0.05, 0) is 50.7 Å². The van der Waals surface area contributed by atoms with Crippen LogP contribution in [0.5, 0.6) is 0 Å². The molecule has 1 aromatic rings. The molecular formula is C20H31NO4. The van der Waals surface area contributed by atoms with Gasteiger partial charge in [-0.25, -0.2) is 0 Å². The molecule has 2 heterocycles. The highest BCUT2D eigenvalue weighted by Gasteiger charge is 2.35. The molecule has 5 heteroatoms. The predicted octanol–water partition coefficient (Wildman–Crippen LogP) is 3.68. The summed E-state index contributed by atoms with van der Waals surface area (Å²) in [5.41, 5.74) is 0. The molecule has 1 saturated heterocycles. The van der Waals surface area contributed by atoms with Gasteiger partial charge in [0.05, 0.1) is 12.4 Å². The molecule has 2 aliphatic rings. The van der Waals surface area contributed by atoms with E-state index in [9.17, 15) is 9.90 Å². The first-order valence-electron chi connectivity index (χ1n) is 9.72. The fraction of sp³-hybridized carbons (Fsp3) is 0.750. The second-order valence-corrected chi connectivity index (χ2v) is 7.77. The number of nitrogens with zero attached hydrogens (tertiary/aromatic N) is 1. The summed E-state index contributed by atoms with van der Waals surface area (Å²) in [6, 6.07) is 3.61. The first-order chi connectivity index (χ1) is 12.0. The van der Waals surface area contributed by atoms with Crippen LogP contribution < -0.4 is 0 Å². The summed E-state index contributed by atoms with van der Waals surface area (Å²) >= 11 is 0. The first kappa shape index (κ1) is 18.5. The molecule has 3 rings (SSSR count). The van der Waals surface area contributed by atoms with E-state index in [4.69, 9.17) is 9.15 Å². The van der Waals surface area contributed by atoms with Crippen molar-refractivity contribution in [2.75, 3.05) is 6.54 Å². The number of ether oxygens (including phenoxy) is 1. The molecule has 1 aliphatic carbocycles. The van der Waals surface area contributed by atoms with Crippen molar-refractivity contribution in [3.8, 4) is 0 Å². The Morgan fingerprint density at radius 2 is 2.24 bits per heavy atom. The summed E-state index contributed by atoms with van der Waals surface area (Å²) in [5, 5.41) is 10.3. The van der Waals surface area contributed by atoms with Crippen molar-refractivity contribution in [2.45, 2.75) is 83.1 Å². The Hall–Kier alpha value is -1.33. The van der Waals surface area contributed by atoms with Crippen LogP contribution in [0.15, 0.2) is 22.8 Å². The average molecular weight is 349 g/mol. The smallest absolute Gasteiger partial charge is 0.251 e. The molecule has 0 bridgehead atoms. The van der Waals surface area contributed by atoms with Gasteiger partial charge in [0.2, 0.25) is 0 Å². The Kier molecular flexibility index (Phi) is 6.18. The highest BCUT2D eigenvalue weighted by atomic mass is 16.5. The minimum atomic E-state index is -0.663. The van der Waals surface area contributed by atoms with Crippen LogP contribution in [0.4, 0.5) is 0 Å². The van der Waals surface area contributed by atoms with Gasteiger partial charge in [0.25, 0.3) is 5.91 Å². The van der Waals surface area contributed by atoms with Gasteiger partial charge in [0.15, 0.2) is 0 Å². The number of furan rings is 1. The van der Waals surface area contributed by atoms with Crippen LogP contribution in [0, 0.1) is 5.92 Å². The quantitative estimate of drug-likeness (QED) is 0.851. The summed E-state index contributed by atoms with van der Waals surface area (Å²) < 4.78 is 11.4. The van der Waals surface area contributed by atoms with Gasteiger partial charge in [0, 0.05) is 19.0 Å². The Labute approximate surface area is 150 Å². The largest absolute Gasteiger partial charge is 0.467 e. The van der Waals surface area contributed by atoms with Crippen molar-refractivity contribution in [2.24, 2.45) is 5.92 Å². The van der Waals surface area contributed by atoms with E-state index >= 15 is 0 Å². The van der Waals surface area contributed by atoms with Crippen LogP contribution in [0.25, 0.3) is 0 Å². The lowest BCUT2D eigenvalue weighted by atomic mass is 9.88. The average Bonchev–Trinajstić information content (AvgIpc) is 3.25. The molecule has 1 aromatic heterocycles. The van der Waals surface area contributed by atoms with E-state index in [0.29, 0.717) is 18.1 Å². The lowest BCUT2D eigenvalue weighted by molar-refractivity contribution is -0.149. The minimum Gasteiger partial charge on any atom is -0.467 e. The van der Waals surface area contributed by atoms with Gasteiger partial charge in [-0.3, -0.25) is 4.79 Å². The van der Waals surface area contributed by atoms with E-state index in [1.807, 2.05) is 11.8 Å². The SMILES string of the molecule is CC1CCCC(OC(C)C(=O)N2CCCC2CC(O)c2ccco2)C1. The summed E-state index contributed by atoms with van der Waals surface area (Å²) in [7, 11) is 0. The zero-order chi connectivity index (χ0) is 17.8. The number of aliphatic hydroxyl groups is 1. The maximum Gasteiger partial charge on any atom is 0.251 e. The number of likely N-dealkylation sites (tertiary alicyclic amines) is 1. The number of amides is 1. The van der Waals surface area contributed by atoms with Crippen LogP contribution in [-0.4, -0.2) is 40.7 Å². The lowest BCUT2D eigenvalue weighted by Gasteiger charge is -2.32. The summed E-state index contributed by atoms with van der Waals surface area (Å²) in [5.74, 6) is 1.32. The topological polar surface area (TPSA) is 62.9 Å². The minimum absolute atomic E-state index is 0.0592. The molecule has 5 unspecified atom stereocenters. The molecule has 5 atom stereocenters. The number of hydrogen-bond donors (Lipinski definition) is 1. The molecule has 25 heavy (non-hydrogen) atoms. The molecule has 1 saturated carbocycles. The number of rotatable bonds is 6. The molecule has 1 N–H and O–H groups in total. The Morgan fingerprint density at radius 1 is 1.40 bits per heavy atom. The fourth-order valence-corrected chi connectivity index (χ4v) is 4.31. The predicted molar refractivity (Wildman–Crippen MR) is 95.0 cm³/mol. The normalized spacial score (nSPS) is 29.6. The van der Waals surface area contributed by atoms with Crippen LogP contribution in [0.2, 0.25) is 0 Å². The monoisotopic (exact) mass is 349 g/mol. The Morgan fingerprint density at radius 3 is 2.96 bits per heavy atom. The van der Waals surface area contributed by atoms with E-state index in [2.05, 4.69) is 6.92 Å². The van der Waals surface area contributed by atoms with E-state index in [-0.39, 0.29) is 18.1 Å². The van der Waals surface area contributed by atoms with Crippen LogP contribution >= 0.6 is 0 Å². The highest BCUT2D eigenvalue weighted by molar-refractivity contribution is 5.81. The van der Waals surface area contributed by atoms with Crippen LogP contribution in [0.3, 0.4) is 0 Å². The van der Waals surface area contributed by atoms with Crippen LogP contribution in [-0.2, 0) is 9.53 Å². The number of carbonyl (C=O) groups is 1. The lowest BCUT2D eigenvalue weighted by Crippen LogP contribution is -2.44. The van der Waals surface area contributed by atoms with Crippen molar-refractivity contribution in [1.29, 1.82) is 0 Å². The maximum atomic E-state index is 12.9. The standard InChI is InChI=1S/C20H31NO4/c1-14-6-3-8-17(12-14)25-15(2)20(23)21-10-4-7-16(21)13-18(22)19-9-5-11-24-19/h5,9,11,14-18,22H,3-4,6-8,10,12-13H2,1-2H3. The van der Waals surface area contributed by atoms with Crippen molar-refractivity contribution in [3.63, 3.8) is 0 Å². The Balaban J connectivity index is 1.54. The molecule has 0 radical (unpaired) electrons. The summed E-state index contributed by atoms with van der Waals surface area (Å²) in [4.78, 5) is 14.8. The fourth-order valence-electron chi connectivity index (χ4n) is 4.31. The molecule has 1 aliphatic heterocycles. The zero-order valence-electron chi connectivity index (χ0n) is 15.4. The second kappa shape index (κ2) is 8.37. The van der Waals surface area contributed by atoms with E-state index in [1.54, 1.807) is 18.4 Å². The van der Waals surface area contributed by atoms with Gasteiger partial charge in [-0.1, -0.05) is 19.8 Å². The molecule has 5 nitrogen and oxygen atoms in total. The number of aliphatic hydroxyl groups excluding tert-OH is 1. The third-order valence-electron chi connectivity index (χ3n) is 5.66. The molecule has 0 spiro atoms. The number of carbonyl (C=O) groups excluding carboxylic acids is 1. The summed E-state index contributed by atoms with van der Waals surface area (Å²) in [6.07, 6.45) is 7.70. The molecule has 0 aromatic carbocycles. The van der Waals surface area contributed by atoms with Gasteiger partial charge < -0.3 is 19.2 Å². The van der Waals surface area contributed by atoms with Gasteiger partial charge in [-0.15, -0.1) is 0 Å². The first-order valence-corrected chi connectivity index (χ1v) is 9.72. The van der Waals surface area contributed by atoms with Crippen molar-refractivity contribution in [3.05, 3.63) is 24.2 Å². The third-order valence-corrected chi connectivity index (χ3v) is 5.66. The molecular weight excluding hydrogens is 318 g/mol. The van der Waals surface area contributed by atoms with E-state index in [1.165, 1.54) is 12.8 Å². The molecule has 1 amide bonds. The second-order valence-electron chi connectivity index (χ2n) is 7.77. The number of hydrogen-bond acceptors (Lipinski definition) is 4. The van der Waals surface area contributed by atoms with Crippen molar-refractivity contribution >= 4 is 5.91 Å². The Bertz CT molecular complexity index is 544. The summed E-state index contributed by atoms with van der Waals surface area (Å²) in [6.45, 7) is 4.89. The van der Waals surface area contributed by atoms with Crippen molar-refractivity contribution < 1.29 is 19.1 Å². The van der Waals surface area contributed by atoms with Crippen LogP contribution in [0.1, 0.15) is 70.7 Å². The maximum absolute atomic E-state index is 12.9. The van der Waals surface area contributed by atoms with E-state index in [0.717, 1.165) is 32.2 Å². The van der Waals surface area contributed by atoms with Gasteiger partial charge in [0.1, 0.15) is 18.0 Å². The van der Waals surface area contributed by atoms with Gasteiger partial charge in [-0.2, -0.15) is 0 Å². The third kappa shape index (κ3) is 4.64. The van der Waals surface area contributed by atoms with Crippen molar-refractivity contribution in [1.82, 2.24) is 4.90 Å². The molecule has 140 valence electrons. The van der Waals surface area contributed by atoms with E-state index < -0.39 is 12.2 Å².